The van der Waals surface area contributed by atoms with E-state index in [0.29, 0.717) is 15.5 Å². The molecular weight excluding hydrogens is 416 g/mol. The van der Waals surface area contributed by atoms with Gasteiger partial charge in [0.25, 0.3) is 11.8 Å². The number of hydrogen-bond acceptors (Lipinski definition) is 4. The number of nitrogens with zero attached hydrogens (tertiary/aromatic N) is 2. The lowest BCUT2D eigenvalue weighted by molar-refractivity contribution is -0.137. The molecule has 4 rings (SSSR count). The third kappa shape index (κ3) is 4.04. The highest BCUT2D eigenvalue weighted by molar-refractivity contribution is 8.04. The van der Waals surface area contributed by atoms with Crippen LogP contribution < -0.4 is 0 Å². The van der Waals surface area contributed by atoms with Gasteiger partial charge in [0.1, 0.15) is 0 Å². The van der Waals surface area contributed by atoms with Crippen LogP contribution in [0.3, 0.4) is 0 Å². The zero-order valence-corrected chi connectivity index (χ0v) is 18.1. The molecule has 4 nitrogen and oxygen atoms in total. The Kier molecular flexibility index (Phi) is 5.75. The van der Waals surface area contributed by atoms with E-state index in [2.05, 4.69) is 4.98 Å². The first-order valence-corrected chi connectivity index (χ1v) is 10.6. The van der Waals surface area contributed by atoms with Crippen molar-refractivity contribution >= 4 is 40.8 Å². The van der Waals surface area contributed by atoms with Crippen LogP contribution in [0.25, 0.3) is 5.57 Å². The van der Waals surface area contributed by atoms with E-state index in [9.17, 15) is 9.59 Å². The predicted molar refractivity (Wildman–Crippen MR) is 120 cm³/mol. The van der Waals surface area contributed by atoms with Crippen molar-refractivity contribution in [3.05, 3.63) is 99.2 Å². The van der Waals surface area contributed by atoms with Crippen molar-refractivity contribution < 1.29 is 9.59 Å². The van der Waals surface area contributed by atoms with Gasteiger partial charge in [-0.3, -0.25) is 19.5 Å². The van der Waals surface area contributed by atoms with Crippen LogP contribution in [0.4, 0.5) is 0 Å². The molecule has 0 N–H and O–H groups in total. The molecular formula is C24H19ClN2O2S. The van der Waals surface area contributed by atoms with Crippen molar-refractivity contribution in [3.63, 3.8) is 0 Å². The van der Waals surface area contributed by atoms with Gasteiger partial charge < -0.3 is 0 Å². The molecule has 0 saturated heterocycles. The van der Waals surface area contributed by atoms with E-state index >= 15 is 0 Å². The van der Waals surface area contributed by atoms with Crippen LogP contribution in [0.2, 0.25) is 5.02 Å². The van der Waals surface area contributed by atoms with Crippen molar-refractivity contribution in [1.82, 2.24) is 9.88 Å². The molecule has 1 aliphatic rings. The fourth-order valence-corrected chi connectivity index (χ4v) is 4.38. The Hall–Kier alpha value is -2.89. The molecule has 0 spiro atoms. The number of hydrogen-bond donors (Lipinski definition) is 0. The summed E-state index contributed by atoms with van der Waals surface area (Å²) in [5.74, 6) is -0.583. The summed E-state index contributed by atoms with van der Waals surface area (Å²) in [6.45, 7) is 4.21. The average Bonchev–Trinajstić information content (AvgIpc) is 2.97. The number of aryl methyl sites for hydroxylation is 2. The van der Waals surface area contributed by atoms with Gasteiger partial charge in [-0.15, -0.1) is 0 Å². The summed E-state index contributed by atoms with van der Waals surface area (Å²) in [6, 6.07) is 16.7. The number of imide groups is 1. The summed E-state index contributed by atoms with van der Waals surface area (Å²) in [6.07, 6.45) is 3.33. The molecule has 0 unspecified atom stereocenters. The fourth-order valence-electron chi connectivity index (χ4n) is 3.24. The van der Waals surface area contributed by atoms with Crippen LogP contribution in [0.5, 0.6) is 0 Å². The van der Waals surface area contributed by atoms with Crippen LogP contribution in [0, 0.1) is 13.8 Å². The maximum Gasteiger partial charge on any atom is 0.268 e. The summed E-state index contributed by atoms with van der Waals surface area (Å²) in [5, 5.41) is 0.620. The maximum atomic E-state index is 13.4. The Labute approximate surface area is 184 Å². The number of aromatic nitrogens is 1. The van der Waals surface area contributed by atoms with E-state index in [0.717, 1.165) is 27.1 Å². The van der Waals surface area contributed by atoms with Crippen LogP contribution in [0.15, 0.2) is 76.8 Å². The van der Waals surface area contributed by atoms with E-state index < -0.39 is 0 Å². The van der Waals surface area contributed by atoms with E-state index in [1.807, 2.05) is 50.2 Å². The standard InChI is InChI=1S/C24H19ClN2O2S/c1-15-5-6-18(12-16(15)2)21-22(30-20-9-7-19(25)8-10-20)24(29)27(23(21)28)14-17-4-3-11-26-13-17/h3-13H,14H2,1-2H3. The summed E-state index contributed by atoms with van der Waals surface area (Å²) < 4.78 is 0. The molecule has 0 aliphatic carbocycles. The van der Waals surface area contributed by atoms with Gasteiger partial charge in [-0.25, -0.2) is 0 Å². The van der Waals surface area contributed by atoms with E-state index in [1.165, 1.54) is 16.7 Å². The highest BCUT2D eigenvalue weighted by Gasteiger charge is 2.39. The van der Waals surface area contributed by atoms with Crippen molar-refractivity contribution in [3.8, 4) is 0 Å². The number of thioether (sulfide) groups is 1. The first-order valence-electron chi connectivity index (χ1n) is 9.44. The number of halogens is 1. The van der Waals surface area contributed by atoms with Crippen LogP contribution in [0.1, 0.15) is 22.3 Å². The highest BCUT2D eigenvalue weighted by Crippen LogP contribution is 2.40. The maximum absolute atomic E-state index is 13.4. The average molecular weight is 435 g/mol. The molecule has 0 radical (unpaired) electrons. The lowest BCUT2D eigenvalue weighted by Crippen LogP contribution is -2.31. The second-order valence-electron chi connectivity index (χ2n) is 7.12. The van der Waals surface area contributed by atoms with Crippen LogP contribution in [-0.4, -0.2) is 21.7 Å². The molecule has 2 amide bonds. The molecule has 3 aromatic rings. The molecule has 0 fully saturated rings. The van der Waals surface area contributed by atoms with E-state index in [1.54, 1.807) is 30.6 Å². The van der Waals surface area contributed by atoms with E-state index in [4.69, 9.17) is 11.6 Å². The Bertz CT molecular complexity index is 1160. The first kappa shape index (κ1) is 20.4. The Morgan fingerprint density at radius 1 is 0.967 bits per heavy atom. The van der Waals surface area contributed by atoms with Gasteiger partial charge in [0.15, 0.2) is 0 Å². The molecule has 6 heteroatoms. The van der Waals surface area contributed by atoms with Crippen molar-refractivity contribution in [1.29, 1.82) is 0 Å². The van der Waals surface area contributed by atoms with Gasteiger partial charge >= 0.3 is 0 Å². The summed E-state index contributed by atoms with van der Waals surface area (Å²) in [5.41, 5.74) is 4.20. The second kappa shape index (κ2) is 8.46. The van der Waals surface area contributed by atoms with Gasteiger partial charge in [0.05, 0.1) is 17.0 Å². The zero-order valence-electron chi connectivity index (χ0n) is 16.6. The normalized spacial score (nSPS) is 14.0. The molecule has 0 saturated carbocycles. The molecule has 2 heterocycles. The van der Waals surface area contributed by atoms with Crippen molar-refractivity contribution in [2.75, 3.05) is 0 Å². The SMILES string of the molecule is Cc1ccc(C2=C(Sc3ccc(Cl)cc3)C(=O)N(Cc3cccnc3)C2=O)cc1C. The number of carbonyl (C=O) groups excluding carboxylic acids is 2. The third-order valence-electron chi connectivity index (χ3n) is 5.02. The molecule has 1 aliphatic heterocycles. The zero-order chi connectivity index (χ0) is 21.3. The van der Waals surface area contributed by atoms with Gasteiger partial charge in [-0.05, 0) is 66.4 Å². The molecule has 2 aromatic carbocycles. The fraction of sp³-hybridized carbons (Fsp3) is 0.125. The summed E-state index contributed by atoms with van der Waals surface area (Å²) >= 11 is 7.29. The first-order chi connectivity index (χ1) is 14.4. The number of carbonyl (C=O) groups is 2. The topological polar surface area (TPSA) is 50.3 Å². The second-order valence-corrected chi connectivity index (χ2v) is 8.64. The minimum Gasteiger partial charge on any atom is -0.269 e. The highest BCUT2D eigenvalue weighted by atomic mass is 35.5. The quantitative estimate of drug-likeness (QED) is 0.503. The Balaban J connectivity index is 1.76. The number of benzene rings is 2. The van der Waals surface area contributed by atoms with Crippen LogP contribution in [-0.2, 0) is 16.1 Å². The van der Waals surface area contributed by atoms with Gasteiger partial charge in [0.2, 0.25) is 0 Å². The molecule has 0 atom stereocenters. The molecule has 150 valence electrons. The lowest BCUT2D eigenvalue weighted by atomic mass is 10.0. The predicted octanol–water partition coefficient (Wildman–Crippen LogP) is 5.42. The monoisotopic (exact) mass is 434 g/mol. The van der Waals surface area contributed by atoms with Crippen molar-refractivity contribution in [2.45, 2.75) is 25.3 Å². The van der Waals surface area contributed by atoms with E-state index in [-0.39, 0.29) is 18.4 Å². The lowest BCUT2D eigenvalue weighted by Gasteiger charge is -2.15. The van der Waals surface area contributed by atoms with Gasteiger partial charge in [-0.2, -0.15) is 0 Å². The largest absolute Gasteiger partial charge is 0.269 e. The Morgan fingerprint density at radius 2 is 1.73 bits per heavy atom. The molecule has 0 bridgehead atoms. The smallest absolute Gasteiger partial charge is 0.268 e. The number of pyridine rings is 1. The van der Waals surface area contributed by atoms with Gasteiger partial charge in [0, 0.05) is 22.3 Å². The summed E-state index contributed by atoms with van der Waals surface area (Å²) in [7, 11) is 0. The summed E-state index contributed by atoms with van der Waals surface area (Å²) in [4.78, 5) is 33.3. The van der Waals surface area contributed by atoms with Crippen LogP contribution >= 0.6 is 23.4 Å². The molecule has 1 aromatic heterocycles. The number of amides is 2. The van der Waals surface area contributed by atoms with Gasteiger partial charge in [-0.1, -0.05) is 47.6 Å². The Morgan fingerprint density at radius 3 is 2.40 bits per heavy atom. The third-order valence-corrected chi connectivity index (χ3v) is 6.36. The minimum atomic E-state index is -0.294. The number of rotatable bonds is 5. The van der Waals surface area contributed by atoms with Crippen molar-refractivity contribution in [2.24, 2.45) is 0 Å². The molecule has 30 heavy (non-hydrogen) atoms. The minimum absolute atomic E-state index is 0.185.